The average Bonchev–Trinajstić information content (AvgIpc) is 3.39. The highest BCUT2D eigenvalue weighted by molar-refractivity contribution is 7.99. The number of imide groups is 1. The summed E-state index contributed by atoms with van der Waals surface area (Å²) in [5.74, 6) is 0.483. The maximum absolute atomic E-state index is 12.3. The number of para-hydroxylation sites is 1. The van der Waals surface area contributed by atoms with Crippen molar-refractivity contribution in [2.75, 3.05) is 18.8 Å². The number of hydrogen-bond donors (Lipinski definition) is 1. The predicted octanol–water partition coefficient (Wildman–Crippen LogP) is 2.68. The van der Waals surface area contributed by atoms with E-state index < -0.39 is 0 Å². The van der Waals surface area contributed by atoms with Crippen LogP contribution in [0.2, 0.25) is 0 Å². The van der Waals surface area contributed by atoms with Crippen molar-refractivity contribution in [2.24, 2.45) is 0 Å². The molecule has 8 nitrogen and oxygen atoms in total. The Morgan fingerprint density at radius 3 is 2.28 bits per heavy atom. The molecular formula is C23H23N5O3S. The van der Waals surface area contributed by atoms with Crippen molar-refractivity contribution in [2.45, 2.75) is 24.4 Å². The molecular weight excluding hydrogens is 426 g/mol. The van der Waals surface area contributed by atoms with Crippen LogP contribution in [-0.2, 0) is 14.4 Å². The molecule has 9 heteroatoms. The van der Waals surface area contributed by atoms with E-state index in [1.807, 2.05) is 65.2 Å². The average molecular weight is 450 g/mol. The summed E-state index contributed by atoms with van der Waals surface area (Å²) < 4.78 is 1.94. The molecule has 164 valence electrons. The number of thioether (sulfide) groups is 1. The largest absolute Gasteiger partial charge is 0.355 e. The van der Waals surface area contributed by atoms with Crippen molar-refractivity contribution in [3.05, 3.63) is 60.7 Å². The van der Waals surface area contributed by atoms with Gasteiger partial charge >= 0.3 is 0 Å². The van der Waals surface area contributed by atoms with E-state index in [-0.39, 0.29) is 36.3 Å². The fourth-order valence-corrected chi connectivity index (χ4v) is 4.25. The number of rotatable bonds is 9. The first-order chi connectivity index (χ1) is 15.6. The van der Waals surface area contributed by atoms with Gasteiger partial charge in [0.25, 0.3) is 0 Å². The highest BCUT2D eigenvalue weighted by Crippen LogP contribution is 2.27. The Labute approximate surface area is 190 Å². The highest BCUT2D eigenvalue weighted by atomic mass is 32.2. The summed E-state index contributed by atoms with van der Waals surface area (Å²) in [4.78, 5) is 36.9. The van der Waals surface area contributed by atoms with E-state index >= 15 is 0 Å². The quantitative estimate of drug-likeness (QED) is 0.306. The Balaban J connectivity index is 1.37. The number of hydrogen-bond acceptors (Lipinski definition) is 6. The summed E-state index contributed by atoms with van der Waals surface area (Å²) in [6.45, 7) is 0.741. The molecule has 1 saturated heterocycles. The SMILES string of the molecule is O=C(CSc1nnc(-c2ccccc2)n1-c1ccccc1)NCCCN1C(=O)CCC1=O. The van der Waals surface area contributed by atoms with Crippen LogP contribution in [0.4, 0.5) is 0 Å². The summed E-state index contributed by atoms with van der Waals surface area (Å²) in [7, 11) is 0. The minimum atomic E-state index is -0.141. The second-order valence-corrected chi connectivity index (χ2v) is 8.22. The first-order valence-corrected chi connectivity index (χ1v) is 11.4. The molecule has 1 N–H and O–H groups in total. The van der Waals surface area contributed by atoms with Gasteiger partial charge in [-0.15, -0.1) is 10.2 Å². The Morgan fingerprint density at radius 1 is 0.938 bits per heavy atom. The van der Waals surface area contributed by atoms with Crippen molar-refractivity contribution in [3.8, 4) is 17.1 Å². The standard InChI is InChI=1S/C23H23N5O3S/c29-19(24-14-7-15-27-20(30)12-13-21(27)31)16-32-23-26-25-22(17-8-3-1-4-9-17)28(23)18-10-5-2-6-11-18/h1-6,8-11H,7,12-16H2,(H,24,29). The van der Waals surface area contributed by atoms with Gasteiger partial charge < -0.3 is 5.32 Å². The van der Waals surface area contributed by atoms with Gasteiger partial charge in [-0.1, -0.05) is 60.3 Å². The topological polar surface area (TPSA) is 97.2 Å². The van der Waals surface area contributed by atoms with Gasteiger partial charge in [0.2, 0.25) is 17.7 Å². The van der Waals surface area contributed by atoms with Gasteiger partial charge in [-0.2, -0.15) is 0 Å². The minimum absolute atomic E-state index is 0.133. The third-order valence-electron chi connectivity index (χ3n) is 5.05. The van der Waals surface area contributed by atoms with Crippen LogP contribution in [0.15, 0.2) is 65.8 Å². The van der Waals surface area contributed by atoms with Crippen LogP contribution in [-0.4, -0.2) is 56.2 Å². The van der Waals surface area contributed by atoms with Crippen molar-refractivity contribution < 1.29 is 14.4 Å². The van der Waals surface area contributed by atoms with Crippen LogP contribution >= 0.6 is 11.8 Å². The number of carbonyl (C=O) groups excluding carboxylic acids is 3. The zero-order chi connectivity index (χ0) is 22.3. The predicted molar refractivity (Wildman–Crippen MR) is 121 cm³/mol. The van der Waals surface area contributed by atoms with Gasteiger partial charge in [-0.3, -0.25) is 23.9 Å². The van der Waals surface area contributed by atoms with E-state index in [1.165, 1.54) is 16.7 Å². The normalized spacial score (nSPS) is 13.6. The van der Waals surface area contributed by atoms with E-state index in [0.29, 0.717) is 30.5 Å². The molecule has 0 aliphatic carbocycles. The number of nitrogens with zero attached hydrogens (tertiary/aromatic N) is 4. The molecule has 3 aromatic rings. The number of carbonyl (C=O) groups is 3. The summed E-state index contributed by atoms with van der Waals surface area (Å²) in [6, 6.07) is 19.6. The zero-order valence-corrected chi connectivity index (χ0v) is 18.3. The summed E-state index contributed by atoms with van der Waals surface area (Å²) in [5.41, 5.74) is 1.85. The first-order valence-electron chi connectivity index (χ1n) is 10.4. The van der Waals surface area contributed by atoms with Crippen LogP contribution in [0.3, 0.4) is 0 Å². The Bertz CT molecular complexity index is 1090. The Morgan fingerprint density at radius 2 is 1.59 bits per heavy atom. The lowest BCUT2D eigenvalue weighted by Crippen LogP contribution is -2.33. The molecule has 2 heterocycles. The van der Waals surface area contributed by atoms with E-state index in [2.05, 4.69) is 15.5 Å². The maximum Gasteiger partial charge on any atom is 0.230 e. The van der Waals surface area contributed by atoms with Crippen molar-refractivity contribution in [1.82, 2.24) is 25.0 Å². The van der Waals surface area contributed by atoms with Gasteiger partial charge in [0, 0.05) is 37.2 Å². The lowest BCUT2D eigenvalue weighted by Gasteiger charge is -2.13. The van der Waals surface area contributed by atoms with Gasteiger partial charge in [0.15, 0.2) is 11.0 Å². The second kappa shape index (κ2) is 10.2. The molecule has 1 aliphatic heterocycles. The molecule has 4 rings (SSSR count). The van der Waals surface area contributed by atoms with Crippen LogP contribution in [0.5, 0.6) is 0 Å². The van der Waals surface area contributed by atoms with E-state index in [1.54, 1.807) is 0 Å². The molecule has 3 amide bonds. The number of nitrogens with one attached hydrogen (secondary N) is 1. The third-order valence-corrected chi connectivity index (χ3v) is 5.98. The number of aromatic nitrogens is 3. The van der Waals surface area contributed by atoms with Gasteiger partial charge in [-0.25, -0.2) is 0 Å². The number of likely N-dealkylation sites (tertiary alicyclic amines) is 1. The van der Waals surface area contributed by atoms with E-state index in [0.717, 1.165) is 11.3 Å². The van der Waals surface area contributed by atoms with Crippen LogP contribution in [0.25, 0.3) is 17.1 Å². The Hall–Kier alpha value is -3.46. The Kier molecular flexibility index (Phi) is 6.96. The lowest BCUT2D eigenvalue weighted by molar-refractivity contribution is -0.138. The molecule has 0 atom stereocenters. The van der Waals surface area contributed by atoms with Gasteiger partial charge in [0.05, 0.1) is 5.75 Å². The van der Waals surface area contributed by atoms with Crippen LogP contribution in [0.1, 0.15) is 19.3 Å². The number of benzene rings is 2. The third kappa shape index (κ3) is 5.05. The molecule has 1 fully saturated rings. The molecule has 32 heavy (non-hydrogen) atoms. The van der Waals surface area contributed by atoms with Crippen LogP contribution in [0, 0.1) is 0 Å². The molecule has 0 spiro atoms. The monoisotopic (exact) mass is 449 g/mol. The van der Waals surface area contributed by atoms with Gasteiger partial charge in [-0.05, 0) is 18.6 Å². The van der Waals surface area contributed by atoms with E-state index in [4.69, 9.17) is 0 Å². The number of amides is 3. The van der Waals surface area contributed by atoms with Crippen LogP contribution < -0.4 is 5.32 Å². The molecule has 1 aliphatic rings. The fraction of sp³-hybridized carbons (Fsp3) is 0.261. The first kappa shape index (κ1) is 21.8. The second-order valence-electron chi connectivity index (χ2n) is 7.27. The maximum atomic E-state index is 12.3. The van der Waals surface area contributed by atoms with Crippen molar-refractivity contribution in [3.63, 3.8) is 0 Å². The van der Waals surface area contributed by atoms with Gasteiger partial charge in [0.1, 0.15) is 0 Å². The molecule has 0 unspecified atom stereocenters. The smallest absolute Gasteiger partial charge is 0.230 e. The molecule has 0 bridgehead atoms. The summed E-state index contributed by atoms with van der Waals surface area (Å²) in [5, 5.41) is 12.1. The zero-order valence-electron chi connectivity index (χ0n) is 17.4. The molecule has 2 aromatic carbocycles. The summed E-state index contributed by atoms with van der Waals surface area (Å²) >= 11 is 1.31. The molecule has 0 radical (unpaired) electrons. The van der Waals surface area contributed by atoms with Crippen molar-refractivity contribution >= 4 is 29.5 Å². The highest BCUT2D eigenvalue weighted by Gasteiger charge is 2.28. The fourth-order valence-electron chi connectivity index (χ4n) is 3.47. The summed E-state index contributed by atoms with van der Waals surface area (Å²) in [6.07, 6.45) is 1.11. The lowest BCUT2D eigenvalue weighted by atomic mass is 10.2. The van der Waals surface area contributed by atoms with Crippen molar-refractivity contribution in [1.29, 1.82) is 0 Å². The van der Waals surface area contributed by atoms with E-state index in [9.17, 15) is 14.4 Å². The molecule has 1 aromatic heterocycles. The minimum Gasteiger partial charge on any atom is -0.355 e. The molecule has 0 saturated carbocycles.